The molecule has 3 aliphatic heterocycles. The van der Waals surface area contributed by atoms with Crippen molar-refractivity contribution >= 4 is 47.6 Å². The molecular weight excluding hydrogens is 704 g/mol. The predicted octanol–water partition coefficient (Wildman–Crippen LogP) is 3.85. The van der Waals surface area contributed by atoms with E-state index in [0.29, 0.717) is 24.0 Å². The van der Waals surface area contributed by atoms with Crippen molar-refractivity contribution in [2.24, 2.45) is 0 Å². The van der Waals surface area contributed by atoms with Crippen LogP contribution in [0.15, 0.2) is 121 Å². The zero-order valence-corrected chi connectivity index (χ0v) is 30.6. The molecule has 11 amide bonds. The fraction of sp³-hybridized carbons (Fsp3) is 0.220. The van der Waals surface area contributed by atoms with Crippen molar-refractivity contribution in [1.29, 1.82) is 0 Å². The Hall–Kier alpha value is -6.96. The molecule has 0 bridgehead atoms. The summed E-state index contributed by atoms with van der Waals surface area (Å²) in [7, 11) is 2.74. The van der Waals surface area contributed by atoms with Gasteiger partial charge in [0.05, 0.1) is 0 Å². The highest BCUT2D eigenvalue weighted by Crippen LogP contribution is 2.35. The van der Waals surface area contributed by atoms with E-state index in [-0.39, 0.29) is 5.91 Å². The van der Waals surface area contributed by atoms with Crippen molar-refractivity contribution in [1.82, 2.24) is 31.1 Å². The van der Waals surface area contributed by atoms with Gasteiger partial charge in [0, 0.05) is 14.1 Å². The highest BCUT2D eigenvalue weighted by molar-refractivity contribution is 6.23. The smallest absolute Gasteiger partial charge is 0.316 e. The fourth-order valence-electron chi connectivity index (χ4n) is 6.92. The SMILES string of the molecule is CCC1(c2ccccc2)C(=O)NC(=O)N(C)C1=O.CCC1(c2ccccc2)C(=O)NC(=O)N(C)C1=O.O=C1NC(=O)C(c2ccccc2)(c2ccccc2)N1. The monoisotopic (exact) mass is 744 g/mol. The molecule has 55 heavy (non-hydrogen) atoms. The van der Waals surface area contributed by atoms with Gasteiger partial charge in [-0.05, 0) is 35.1 Å². The Kier molecular flexibility index (Phi) is 11.4. The molecule has 3 aliphatic rings. The van der Waals surface area contributed by atoms with E-state index in [0.717, 1.165) is 20.9 Å². The average Bonchev–Trinajstić information content (AvgIpc) is 3.52. The lowest BCUT2D eigenvalue weighted by Gasteiger charge is -2.37. The lowest BCUT2D eigenvalue weighted by molar-refractivity contribution is -0.146. The van der Waals surface area contributed by atoms with E-state index in [9.17, 15) is 38.4 Å². The van der Waals surface area contributed by atoms with E-state index in [2.05, 4.69) is 21.3 Å². The summed E-state index contributed by atoms with van der Waals surface area (Å²) in [6.45, 7) is 3.52. The summed E-state index contributed by atoms with van der Waals surface area (Å²) in [5.41, 5.74) is -1.05. The van der Waals surface area contributed by atoms with E-state index < -0.39 is 58.1 Å². The summed E-state index contributed by atoms with van der Waals surface area (Å²) in [6, 6.07) is 34.2. The maximum absolute atomic E-state index is 12.3. The standard InChI is InChI=1S/C15H12N2O2.2C13H14N2O3/c18-13-15(17-14(19)16-13,11-7-3-1-4-8-11)12-9-5-2-6-10-12;2*1-3-13(9-7-5-4-6-8-9)10(16)14-12(18)15(2)11(13)17/h1-10H,(H2,16,17,18,19);2*4-8H,3H2,1-2H3,(H,14,16,18). The van der Waals surface area contributed by atoms with Crippen molar-refractivity contribution in [3.63, 3.8) is 0 Å². The summed E-state index contributed by atoms with van der Waals surface area (Å²) in [5, 5.41) is 9.52. The number of nitrogens with one attached hydrogen (secondary N) is 4. The van der Waals surface area contributed by atoms with Gasteiger partial charge in [-0.3, -0.25) is 49.7 Å². The number of nitrogens with zero attached hydrogens (tertiary/aromatic N) is 2. The topological polar surface area (TPSA) is 191 Å². The van der Waals surface area contributed by atoms with Crippen LogP contribution in [-0.2, 0) is 40.3 Å². The van der Waals surface area contributed by atoms with Gasteiger partial charge in [0.15, 0.2) is 16.4 Å². The van der Waals surface area contributed by atoms with Gasteiger partial charge in [-0.1, -0.05) is 135 Å². The summed E-state index contributed by atoms with van der Waals surface area (Å²) >= 11 is 0. The van der Waals surface area contributed by atoms with Crippen LogP contribution in [0.4, 0.5) is 14.4 Å². The third kappa shape index (κ3) is 6.85. The summed E-state index contributed by atoms with van der Waals surface area (Å²) in [5.74, 6) is -2.42. The number of likely N-dealkylation sites (N-methyl/N-ethyl adjacent to an activating group) is 2. The van der Waals surface area contributed by atoms with Crippen LogP contribution >= 0.6 is 0 Å². The highest BCUT2D eigenvalue weighted by Gasteiger charge is 2.54. The Balaban J connectivity index is 0.000000158. The maximum atomic E-state index is 12.3. The molecule has 14 heteroatoms. The first kappa shape index (κ1) is 39.3. The second kappa shape index (κ2) is 16.0. The van der Waals surface area contributed by atoms with Crippen molar-refractivity contribution < 1.29 is 38.4 Å². The summed E-state index contributed by atoms with van der Waals surface area (Å²) < 4.78 is 0. The van der Waals surface area contributed by atoms with Crippen molar-refractivity contribution in [3.05, 3.63) is 144 Å². The molecule has 0 aliphatic carbocycles. The third-order valence-electron chi connectivity index (χ3n) is 10.0. The zero-order valence-electron chi connectivity index (χ0n) is 30.6. The van der Waals surface area contributed by atoms with E-state index in [1.807, 2.05) is 72.8 Å². The van der Waals surface area contributed by atoms with Gasteiger partial charge in [0.25, 0.3) is 17.7 Å². The van der Waals surface area contributed by atoms with Crippen molar-refractivity contribution in [2.45, 2.75) is 43.1 Å². The Labute approximate surface area is 317 Å². The average molecular weight is 745 g/mol. The molecule has 2 atom stereocenters. The maximum Gasteiger partial charge on any atom is 0.330 e. The Morgan fingerprint density at radius 2 is 0.745 bits per heavy atom. The van der Waals surface area contributed by atoms with E-state index in [4.69, 9.17) is 0 Å². The lowest BCUT2D eigenvalue weighted by Crippen LogP contribution is -2.64. The van der Waals surface area contributed by atoms with Gasteiger partial charge in [-0.15, -0.1) is 0 Å². The molecule has 3 fully saturated rings. The van der Waals surface area contributed by atoms with E-state index >= 15 is 0 Å². The Bertz CT molecular complexity index is 2000. The number of hydrogen-bond donors (Lipinski definition) is 4. The van der Waals surface area contributed by atoms with Crippen molar-refractivity contribution in [2.75, 3.05) is 14.1 Å². The van der Waals surface area contributed by atoms with Crippen LogP contribution in [-0.4, -0.2) is 71.5 Å². The molecular formula is C41H40N6O8. The number of urea groups is 3. The number of hydrogen-bond acceptors (Lipinski definition) is 8. The van der Waals surface area contributed by atoms with Gasteiger partial charge in [-0.2, -0.15) is 0 Å². The molecule has 0 saturated carbocycles. The molecule has 3 heterocycles. The number of carbonyl (C=O) groups excluding carboxylic acids is 8. The lowest BCUT2D eigenvalue weighted by atomic mass is 9.75. The van der Waals surface area contributed by atoms with Crippen LogP contribution in [0.2, 0.25) is 0 Å². The van der Waals surface area contributed by atoms with Crippen LogP contribution in [0.5, 0.6) is 0 Å². The van der Waals surface area contributed by atoms with Gasteiger partial charge in [-0.25, -0.2) is 14.4 Å². The molecule has 0 spiro atoms. The first-order valence-electron chi connectivity index (χ1n) is 17.4. The van der Waals surface area contributed by atoms with Crippen LogP contribution in [0, 0.1) is 0 Å². The van der Waals surface area contributed by atoms with Gasteiger partial charge >= 0.3 is 18.1 Å². The predicted molar refractivity (Wildman–Crippen MR) is 200 cm³/mol. The van der Waals surface area contributed by atoms with Gasteiger partial charge < -0.3 is 5.32 Å². The van der Waals surface area contributed by atoms with Crippen LogP contribution in [0.3, 0.4) is 0 Å². The number of carbonyl (C=O) groups is 8. The Morgan fingerprint density at radius 3 is 1.02 bits per heavy atom. The molecule has 282 valence electrons. The molecule has 4 N–H and O–H groups in total. The first-order valence-corrected chi connectivity index (χ1v) is 17.4. The molecule has 0 aromatic heterocycles. The van der Waals surface area contributed by atoms with Crippen molar-refractivity contribution in [3.8, 4) is 0 Å². The molecule has 0 radical (unpaired) electrons. The molecule has 14 nitrogen and oxygen atoms in total. The number of rotatable bonds is 6. The normalized spacial score (nSPS) is 21.6. The quantitative estimate of drug-likeness (QED) is 0.169. The van der Waals surface area contributed by atoms with Gasteiger partial charge in [0.2, 0.25) is 11.8 Å². The molecule has 2 unspecified atom stereocenters. The highest BCUT2D eigenvalue weighted by atomic mass is 16.2. The second-order valence-electron chi connectivity index (χ2n) is 12.9. The van der Waals surface area contributed by atoms with E-state index in [1.54, 1.807) is 62.4 Å². The minimum absolute atomic E-state index is 0.305. The second-order valence-corrected chi connectivity index (χ2v) is 12.9. The van der Waals surface area contributed by atoms with Gasteiger partial charge in [0.1, 0.15) is 0 Å². The number of barbiturate groups is 2. The molecule has 4 aromatic carbocycles. The van der Waals surface area contributed by atoms with Crippen LogP contribution in [0.1, 0.15) is 48.9 Å². The van der Waals surface area contributed by atoms with Crippen LogP contribution < -0.4 is 21.3 Å². The summed E-state index contributed by atoms with van der Waals surface area (Å²) in [6.07, 6.45) is 0.610. The fourth-order valence-corrected chi connectivity index (χ4v) is 6.92. The molecule has 3 saturated heterocycles. The molecule has 4 aromatic rings. The summed E-state index contributed by atoms with van der Waals surface area (Å²) in [4.78, 5) is 97.6. The zero-order chi connectivity index (χ0) is 40.0. The first-order chi connectivity index (χ1) is 26.3. The minimum Gasteiger partial charge on any atom is -0.316 e. The number of imide groups is 5. The third-order valence-corrected chi connectivity index (χ3v) is 10.0. The van der Waals surface area contributed by atoms with E-state index in [1.165, 1.54) is 14.1 Å². The van der Waals surface area contributed by atoms with Crippen LogP contribution in [0.25, 0.3) is 0 Å². The number of amides is 11. The largest absolute Gasteiger partial charge is 0.330 e. The molecule has 7 rings (SSSR count). The number of benzene rings is 4. The minimum atomic E-state index is -1.30. The Morgan fingerprint density at radius 1 is 0.436 bits per heavy atom.